The van der Waals surface area contributed by atoms with Crippen molar-refractivity contribution in [2.45, 2.75) is 17.7 Å². The van der Waals surface area contributed by atoms with Gasteiger partial charge in [-0.25, -0.2) is 4.79 Å². The average molecular weight is 504 g/mol. The first-order valence-corrected chi connectivity index (χ1v) is 11.2. The Labute approximate surface area is 207 Å². The van der Waals surface area contributed by atoms with Crippen LogP contribution in [-0.4, -0.2) is 74.0 Å². The number of halogens is 1. The lowest BCUT2D eigenvalue weighted by Gasteiger charge is -2.35. The minimum Gasteiger partial charge on any atom is -0.370 e. The number of carbonyl (C=O) groups is 3. The highest BCUT2D eigenvalue weighted by Gasteiger charge is 2.62. The fourth-order valence-corrected chi connectivity index (χ4v) is 4.57. The Morgan fingerprint density at radius 2 is 1.89 bits per heavy atom. The van der Waals surface area contributed by atoms with Crippen molar-refractivity contribution in [1.82, 2.24) is 9.88 Å². The van der Waals surface area contributed by atoms with Gasteiger partial charge >= 0.3 is 6.03 Å². The van der Waals surface area contributed by atoms with Gasteiger partial charge in [0.25, 0.3) is 11.8 Å². The molecule has 186 valence electrons. The van der Waals surface area contributed by atoms with Crippen LogP contribution in [0.5, 0.6) is 0 Å². The maximum absolute atomic E-state index is 13.9. The number of nitrogens with two attached hydrogens (primary N) is 1. The van der Waals surface area contributed by atoms with Gasteiger partial charge in [0.05, 0.1) is 23.9 Å². The number of methoxy groups -OCH3 is 2. The summed E-state index contributed by atoms with van der Waals surface area (Å²) < 4.78 is 16.3. The van der Waals surface area contributed by atoms with E-state index in [2.05, 4.69) is 10.3 Å². The van der Waals surface area contributed by atoms with Crippen LogP contribution >= 0.6 is 11.6 Å². The van der Waals surface area contributed by atoms with E-state index in [1.54, 1.807) is 41.3 Å². The normalized spacial score (nSPS) is 21.7. The first kappa shape index (κ1) is 24.9. The smallest absolute Gasteiger partial charge is 0.316 e. The number of hydrogen-bond donors (Lipinski definition) is 2. The number of hydrogen-bond acceptors (Lipinski definition) is 7. The summed E-state index contributed by atoms with van der Waals surface area (Å²) in [5.74, 6) is -1.98. The molecule has 0 radical (unpaired) electrons. The van der Waals surface area contributed by atoms with Crippen LogP contribution < -0.4 is 16.0 Å². The Balaban J connectivity index is 1.69. The number of benzene rings is 1. The molecule has 2 fully saturated rings. The first-order valence-electron chi connectivity index (χ1n) is 10.8. The number of carbonyl (C=O) groups excluding carboxylic acids is 3. The Morgan fingerprint density at radius 1 is 1.17 bits per heavy atom. The quantitative estimate of drug-likeness (QED) is 0.572. The maximum Gasteiger partial charge on any atom is 0.316 e. The summed E-state index contributed by atoms with van der Waals surface area (Å²) in [6, 6.07) is 9.08. The van der Waals surface area contributed by atoms with Gasteiger partial charge in [-0.05, 0) is 36.4 Å². The van der Waals surface area contributed by atoms with Gasteiger partial charge < -0.3 is 30.2 Å². The molecule has 0 spiro atoms. The molecule has 11 nitrogen and oxygen atoms in total. The summed E-state index contributed by atoms with van der Waals surface area (Å²) in [5.41, 5.74) is 5.46. The van der Waals surface area contributed by atoms with Crippen molar-refractivity contribution in [1.29, 1.82) is 0 Å². The number of rotatable bonds is 6. The minimum atomic E-state index is -1.64. The molecule has 2 saturated heterocycles. The van der Waals surface area contributed by atoms with Gasteiger partial charge in [0.1, 0.15) is 6.61 Å². The van der Waals surface area contributed by atoms with Gasteiger partial charge in [0.15, 0.2) is 11.3 Å². The molecule has 35 heavy (non-hydrogen) atoms. The van der Waals surface area contributed by atoms with Gasteiger partial charge in [-0.2, -0.15) is 0 Å². The fraction of sp³-hybridized carbons (Fsp3) is 0.391. The van der Waals surface area contributed by atoms with Gasteiger partial charge in [-0.3, -0.25) is 19.5 Å². The van der Waals surface area contributed by atoms with E-state index in [0.29, 0.717) is 29.5 Å². The topological polar surface area (TPSA) is 136 Å². The van der Waals surface area contributed by atoms with Gasteiger partial charge in [0.2, 0.25) is 0 Å². The fourth-order valence-electron chi connectivity index (χ4n) is 4.46. The Hall–Kier alpha value is -3.25. The molecule has 3 N–H and O–H groups in total. The van der Waals surface area contributed by atoms with E-state index in [1.807, 2.05) is 0 Å². The lowest BCUT2D eigenvalue weighted by atomic mass is 9.88. The van der Waals surface area contributed by atoms with Crippen molar-refractivity contribution in [3.05, 3.63) is 53.3 Å². The summed E-state index contributed by atoms with van der Waals surface area (Å²) in [7, 11) is 2.86. The molecule has 0 unspecified atom stereocenters. The van der Waals surface area contributed by atoms with E-state index < -0.39 is 23.3 Å². The van der Waals surface area contributed by atoms with Crippen LogP contribution in [0.1, 0.15) is 12.1 Å². The van der Waals surface area contributed by atoms with Crippen LogP contribution in [0.25, 0.3) is 0 Å². The predicted octanol–water partition coefficient (Wildman–Crippen LogP) is 1.71. The van der Waals surface area contributed by atoms with E-state index in [1.165, 1.54) is 25.3 Å². The second-order valence-electron chi connectivity index (χ2n) is 8.24. The molecule has 0 bridgehead atoms. The van der Waals surface area contributed by atoms with Crippen molar-refractivity contribution in [3.63, 3.8) is 0 Å². The Kier molecular flexibility index (Phi) is 6.95. The van der Waals surface area contributed by atoms with Crippen LogP contribution in [0, 0.1) is 0 Å². The third-order valence-electron chi connectivity index (χ3n) is 6.34. The van der Waals surface area contributed by atoms with Crippen LogP contribution in [0.3, 0.4) is 0 Å². The molecule has 4 amide bonds. The van der Waals surface area contributed by atoms with Gasteiger partial charge in [0, 0.05) is 44.8 Å². The van der Waals surface area contributed by atoms with Crippen LogP contribution in [0.15, 0.2) is 42.6 Å². The van der Waals surface area contributed by atoms with E-state index in [9.17, 15) is 14.4 Å². The summed E-state index contributed by atoms with van der Waals surface area (Å²) >= 11 is 6.02. The predicted molar refractivity (Wildman–Crippen MR) is 127 cm³/mol. The van der Waals surface area contributed by atoms with Crippen LogP contribution in [-0.2, 0) is 29.3 Å². The molecular weight excluding hydrogens is 478 g/mol. The van der Waals surface area contributed by atoms with E-state index in [4.69, 9.17) is 31.5 Å². The van der Waals surface area contributed by atoms with Crippen molar-refractivity contribution in [2.24, 2.45) is 5.73 Å². The number of pyridine rings is 1. The molecule has 0 aliphatic carbocycles. The Morgan fingerprint density at radius 3 is 2.46 bits per heavy atom. The summed E-state index contributed by atoms with van der Waals surface area (Å²) in [6.45, 7) is 0.827. The summed E-state index contributed by atoms with van der Waals surface area (Å²) in [5, 5.41) is 3.22. The summed E-state index contributed by atoms with van der Waals surface area (Å²) in [4.78, 5) is 45.7. The Bertz CT molecular complexity index is 1110. The monoisotopic (exact) mass is 503 g/mol. The molecule has 0 saturated carbocycles. The van der Waals surface area contributed by atoms with E-state index in [0.717, 1.165) is 0 Å². The molecule has 1 aromatic carbocycles. The zero-order valence-corrected chi connectivity index (χ0v) is 20.1. The number of morpholine rings is 1. The van der Waals surface area contributed by atoms with Crippen LogP contribution in [0.2, 0.25) is 5.02 Å². The SMILES string of the molecule is COC1(OC)CN(C(N)=O)[C@@](C(=O)Nc2ccc(N3CCOCC3=O)cc2)(c2ccc(Cl)cn2)C1. The van der Waals surface area contributed by atoms with Gasteiger partial charge in [-0.1, -0.05) is 11.6 Å². The third-order valence-corrected chi connectivity index (χ3v) is 6.57. The number of nitrogens with one attached hydrogen (secondary N) is 1. The molecule has 2 aliphatic heterocycles. The molecule has 2 aromatic rings. The van der Waals surface area contributed by atoms with Crippen molar-refractivity contribution in [3.8, 4) is 0 Å². The number of likely N-dealkylation sites (tertiary alicyclic amines) is 1. The first-order chi connectivity index (χ1) is 16.7. The molecule has 3 heterocycles. The summed E-state index contributed by atoms with van der Waals surface area (Å²) in [6.07, 6.45) is 1.33. The molecule has 4 rings (SSSR count). The molecular formula is C23H26ClN5O6. The van der Waals surface area contributed by atoms with Crippen molar-refractivity contribution in [2.75, 3.05) is 50.7 Å². The number of amides is 4. The molecule has 12 heteroatoms. The van der Waals surface area contributed by atoms with Gasteiger partial charge in [-0.15, -0.1) is 0 Å². The number of urea groups is 1. The standard InChI is InChI=1S/C23H26ClN5O6/c1-33-22(34-2)13-23(29(14-22)21(25)32,18-8-3-15(24)11-26-18)20(31)27-16-4-6-17(7-5-16)28-9-10-35-12-19(28)30/h3-8,11H,9-10,12-14H2,1-2H3,(H2,25,32)(H,27,31)/t23-/m1/s1. The second kappa shape index (κ2) is 9.78. The number of primary amides is 1. The van der Waals surface area contributed by atoms with E-state index >= 15 is 0 Å². The van der Waals surface area contributed by atoms with E-state index in [-0.39, 0.29) is 31.2 Å². The number of ether oxygens (including phenoxy) is 3. The highest BCUT2D eigenvalue weighted by atomic mass is 35.5. The van der Waals surface area contributed by atoms with Crippen molar-refractivity contribution < 1.29 is 28.6 Å². The zero-order valence-electron chi connectivity index (χ0n) is 19.3. The minimum absolute atomic E-state index is 0.0266. The number of anilines is 2. The molecule has 1 atom stereocenters. The largest absolute Gasteiger partial charge is 0.370 e. The average Bonchev–Trinajstić information content (AvgIpc) is 3.23. The van der Waals surface area contributed by atoms with Crippen LogP contribution in [0.4, 0.5) is 16.2 Å². The lowest BCUT2D eigenvalue weighted by molar-refractivity contribution is -0.196. The highest BCUT2D eigenvalue weighted by molar-refractivity contribution is 6.30. The third kappa shape index (κ3) is 4.55. The highest BCUT2D eigenvalue weighted by Crippen LogP contribution is 2.45. The van der Waals surface area contributed by atoms with Crippen molar-refractivity contribution >= 4 is 40.8 Å². The molecule has 1 aromatic heterocycles. The molecule has 2 aliphatic rings. The zero-order chi connectivity index (χ0) is 25.2. The number of nitrogens with zero attached hydrogens (tertiary/aromatic N) is 3. The number of aromatic nitrogens is 1. The maximum atomic E-state index is 13.9. The lowest BCUT2D eigenvalue weighted by Crippen LogP contribution is -2.55. The second-order valence-corrected chi connectivity index (χ2v) is 8.68.